The van der Waals surface area contributed by atoms with Crippen LogP contribution in [0.2, 0.25) is 0 Å². The first-order valence-electron chi connectivity index (χ1n) is 7.11. The van der Waals surface area contributed by atoms with E-state index in [1.807, 2.05) is 32.0 Å². The van der Waals surface area contributed by atoms with Crippen LogP contribution in [0.1, 0.15) is 29.8 Å². The molecule has 0 saturated carbocycles. The zero-order valence-corrected chi connectivity index (χ0v) is 13.7. The lowest BCUT2D eigenvalue weighted by molar-refractivity contribution is -0.115. The van der Waals surface area contributed by atoms with Crippen molar-refractivity contribution in [3.63, 3.8) is 0 Å². The fourth-order valence-electron chi connectivity index (χ4n) is 2.08. The Morgan fingerprint density at radius 2 is 1.82 bits per heavy atom. The summed E-state index contributed by atoms with van der Waals surface area (Å²) in [5.41, 5.74) is 2.26. The van der Waals surface area contributed by atoms with Crippen molar-refractivity contribution in [3.05, 3.63) is 59.7 Å². The second-order valence-electron chi connectivity index (χ2n) is 5.17. The summed E-state index contributed by atoms with van der Waals surface area (Å²) in [4.78, 5) is 25.0. The van der Waals surface area contributed by atoms with Gasteiger partial charge in [-0.1, -0.05) is 29.8 Å². The number of carbonyl (C=O) groups excluding carboxylic acids is 2. The van der Waals surface area contributed by atoms with Crippen LogP contribution in [0.3, 0.4) is 0 Å². The van der Waals surface area contributed by atoms with Gasteiger partial charge < -0.3 is 5.32 Å². The first kappa shape index (κ1) is 16.3. The molecule has 0 saturated heterocycles. The number of nitrogens with one attached hydrogen (secondary N) is 1. The minimum Gasteiger partial charge on any atom is -0.324 e. The molecule has 0 aromatic heterocycles. The molecule has 3 nitrogen and oxygen atoms in total. The molecular formula is C18H19NO2S. The molecule has 1 atom stereocenters. The van der Waals surface area contributed by atoms with E-state index in [0.29, 0.717) is 11.3 Å². The summed E-state index contributed by atoms with van der Waals surface area (Å²) in [7, 11) is 0. The number of aryl methyl sites for hydroxylation is 1. The topological polar surface area (TPSA) is 46.2 Å². The minimum atomic E-state index is -0.248. The molecule has 0 fully saturated rings. The van der Waals surface area contributed by atoms with Crippen LogP contribution in [0.4, 0.5) is 5.69 Å². The van der Waals surface area contributed by atoms with Crippen molar-refractivity contribution in [2.75, 3.05) is 5.32 Å². The predicted molar refractivity (Wildman–Crippen MR) is 91.6 cm³/mol. The third kappa shape index (κ3) is 4.21. The van der Waals surface area contributed by atoms with Crippen molar-refractivity contribution in [1.29, 1.82) is 0 Å². The number of carbonyl (C=O) groups is 2. The molecule has 0 aliphatic rings. The molecule has 1 N–H and O–H groups in total. The van der Waals surface area contributed by atoms with E-state index < -0.39 is 0 Å². The molecule has 114 valence electrons. The lowest BCUT2D eigenvalue weighted by Gasteiger charge is -2.14. The zero-order chi connectivity index (χ0) is 16.1. The third-order valence-corrected chi connectivity index (χ3v) is 4.33. The van der Waals surface area contributed by atoms with Gasteiger partial charge in [-0.05, 0) is 45.0 Å². The molecule has 1 amide bonds. The van der Waals surface area contributed by atoms with Crippen LogP contribution in [0.5, 0.6) is 0 Å². The van der Waals surface area contributed by atoms with Crippen molar-refractivity contribution in [2.45, 2.75) is 30.9 Å². The second kappa shape index (κ2) is 7.27. The third-order valence-electron chi connectivity index (χ3n) is 3.24. The Kier molecular flexibility index (Phi) is 5.39. The van der Waals surface area contributed by atoms with E-state index in [2.05, 4.69) is 11.4 Å². The summed E-state index contributed by atoms with van der Waals surface area (Å²) in [5.74, 6) is -0.171. The number of para-hydroxylation sites is 1. The van der Waals surface area contributed by atoms with Crippen molar-refractivity contribution in [2.24, 2.45) is 0 Å². The molecule has 2 aromatic carbocycles. The van der Waals surface area contributed by atoms with Crippen molar-refractivity contribution < 1.29 is 9.59 Å². The van der Waals surface area contributed by atoms with Gasteiger partial charge in [0.05, 0.1) is 10.9 Å². The van der Waals surface area contributed by atoms with Gasteiger partial charge in [0.25, 0.3) is 0 Å². The van der Waals surface area contributed by atoms with E-state index in [9.17, 15) is 9.59 Å². The van der Waals surface area contributed by atoms with Crippen molar-refractivity contribution in [1.82, 2.24) is 0 Å². The van der Waals surface area contributed by atoms with E-state index in [1.54, 1.807) is 24.3 Å². The largest absolute Gasteiger partial charge is 0.324 e. The average molecular weight is 313 g/mol. The maximum absolute atomic E-state index is 12.3. The molecule has 0 spiro atoms. The van der Waals surface area contributed by atoms with E-state index in [4.69, 9.17) is 0 Å². The fourth-order valence-corrected chi connectivity index (χ4v) is 3.07. The maximum Gasteiger partial charge on any atom is 0.237 e. The number of hydrogen-bond donors (Lipinski definition) is 1. The molecular weight excluding hydrogens is 294 g/mol. The number of hydrogen-bond acceptors (Lipinski definition) is 3. The van der Waals surface area contributed by atoms with Gasteiger partial charge in [-0.15, -0.1) is 11.8 Å². The van der Waals surface area contributed by atoms with Crippen LogP contribution in [-0.2, 0) is 4.79 Å². The Hall–Kier alpha value is -2.07. The number of anilines is 1. The highest BCUT2D eigenvalue weighted by Gasteiger charge is 2.16. The lowest BCUT2D eigenvalue weighted by atomic mass is 10.1. The first-order chi connectivity index (χ1) is 10.5. The van der Waals surface area contributed by atoms with Gasteiger partial charge in [-0.3, -0.25) is 9.59 Å². The van der Waals surface area contributed by atoms with Gasteiger partial charge in [-0.2, -0.15) is 0 Å². The average Bonchev–Trinajstić information content (AvgIpc) is 2.47. The number of Topliss-reactive ketones (excluding diaryl/α,β-unsaturated/α-hetero) is 1. The molecule has 0 aliphatic heterocycles. The van der Waals surface area contributed by atoms with E-state index in [1.165, 1.54) is 24.2 Å². The van der Waals surface area contributed by atoms with E-state index >= 15 is 0 Å². The Bertz CT molecular complexity index is 697. The standard InChI is InChI=1S/C18H19NO2S/c1-12-7-6-8-15(11-12)22-14(3)18(21)19-17-10-5-4-9-16(17)13(2)20/h4-11,14H,1-3H3,(H,19,21). The van der Waals surface area contributed by atoms with Crippen LogP contribution in [-0.4, -0.2) is 16.9 Å². The molecule has 0 radical (unpaired) electrons. The molecule has 0 aliphatic carbocycles. The first-order valence-corrected chi connectivity index (χ1v) is 7.99. The van der Waals surface area contributed by atoms with E-state index in [-0.39, 0.29) is 16.9 Å². The molecule has 0 bridgehead atoms. The Morgan fingerprint density at radius 1 is 1.09 bits per heavy atom. The van der Waals surface area contributed by atoms with Crippen molar-refractivity contribution in [3.8, 4) is 0 Å². The van der Waals surface area contributed by atoms with Crippen LogP contribution in [0.15, 0.2) is 53.4 Å². The summed E-state index contributed by atoms with van der Waals surface area (Å²) in [6, 6.07) is 15.1. The second-order valence-corrected chi connectivity index (χ2v) is 6.58. The molecule has 0 heterocycles. The molecule has 4 heteroatoms. The summed E-state index contributed by atoms with van der Waals surface area (Å²) in [6.45, 7) is 5.38. The Balaban J connectivity index is 2.07. The van der Waals surface area contributed by atoms with Gasteiger partial charge in [0.1, 0.15) is 0 Å². The van der Waals surface area contributed by atoms with Gasteiger partial charge in [-0.25, -0.2) is 0 Å². The fraction of sp³-hybridized carbons (Fsp3) is 0.222. The van der Waals surface area contributed by atoms with Gasteiger partial charge in [0.15, 0.2) is 5.78 Å². The summed E-state index contributed by atoms with van der Waals surface area (Å²) >= 11 is 1.50. The smallest absolute Gasteiger partial charge is 0.237 e. The highest BCUT2D eigenvalue weighted by atomic mass is 32.2. The molecule has 2 aromatic rings. The highest BCUT2D eigenvalue weighted by Crippen LogP contribution is 2.25. The zero-order valence-electron chi connectivity index (χ0n) is 12.9. The van der Waals surface area contributed by atoms with Crippen LogP contribution in [0, 0.1) is 6.92 Å². The van der Waals surface area contributed by atoms with E-state index in [0.717, 1.165) is 4.90 Å². The Morgan fingerprint density at radius 3 is 2.50 bits per heavy atom. The van der Waals surface area contributed by atoms with Crippen LogP contribution in [0.25, 0.3) is 0 Å². The van der Waals surface area contributed by atoms with Gasteiger partial charge in [0, 0.05) is 10.5 Å². The maximum atomic E-state index is 12.3. The summed E-state index contributed by atoms with van der Waals surface area (Å²) < 4.78 is 0. The number of thioether (sulfide) groups is 1. The number of amides is 1. The highest BCUT2D eigenvalue weighted by molar-refractivity contribution is 8.00. The predicted octanol–water partition coefficient (Wildman–Crippen LogP) is 4.32. The monoisotopic (exact) mass is 313 g/mol. The normalized spacial score (nSPS) is 11.8. The number of benzene rings is 2. The summed E-state index contributed by atoms with van der Waals surface area (Å²) in [6.07, 6.45) is 0. The molecule has 1 unspecified atom stereocenters. The van der Waals surface area contributed by atoms with Crippen molar-refractivity contribution >= 4 is 29.1 Å². The SMILES string of the molecule is CC(=O)c1ccccc1NC(=O)C(C)Sc1cccc(C)c1. The summed E-state index contributed by atoms with van der Waals surface area (Å²) in [5, 5.41) is 2.60. The number of rotatable bonds is 5. The quantitative estimate of drug-likeness (QED) is 0.660. The lowest BCUT2D eigenvalue weighted by Crippen LogP contribution is -2.23. The van der Waals surface area contributed by atoms with Crippen LogP contribution < -0.4 is 5.32 Å². The number of ketones is 1. The molecule has 22 heavy (non-hydrogen) atoms. The molecule has 2 rings (SSSR count). The van der Waals surface area contributed by atoms with Crippen LogP contribution >= 0.6 is 11.8 Å². The van der Waals surface area contributed by atoms with Gasteiger partial charge >= 0.3 is 0 Å². The van der Waals surface area contributed by atoms with Gasteiger partial charge in [0.2, 0.25) is 5.91 Å². The Labute approximate surface area is 135 Å². The minimum absolute atomic E-state index is 0.0603.